The molecule has 1 fully saturated rings. The number of carbonyl (C=O) groups is 1. The summed E-state index contributed by atoms with van der Waals surface area (Å²) in [6.07, 6.45) is 5.03. The molecule has 0 aliphatic heterocycles. The summed E-state index contributed by atoms with van der Waals surface area (Å²) in [6.45, 7) is 4.28. The number of hydrogen-bond acceptors (Lipinski definition) is 4. The Labute approximate surface area is 120 Å². The van der Waals surface area contributed by atoms with E-state index in [1.165, 1.54) is 12.8 Å². The van der Waals surface area contributed by atoms with Crippen molar-refractivity contribution in [2.75, 3.05) is 32.1 Å². The summed E-state index contributed by atoms with van der Waals surface area (Å²) in [5.74, 6) is 0.705. The van der Waals surface area contributed by atoms with Gasteiger partial charge in [-0.05, 0) is 43.7 Å². The van der Waals surface area contributed by atoms with Crippen molar-refractivity contribution in [2.45, 2.75) is 26.2 Å². The molecule has 0 unspecified atom stereocenters. The van der Waals surface area contributed by atoms with Crippen LogP contribution in [0.2, 0.25) is 0 Å². The molecule has 5 nitrogen and oxygen atoms in total. The number of anilines is 1. The van der Waals surface area contributed by atoms with Gasteiger partial charge in [-0.25, -0.2) is 4.98 Å². The molecule has 1 aromatic rings. The van der Waals surface area contributed by atoms with Crippen molar-refractivity contribution in [3.8, 4) is 0 Å². The highest BCUT2D eigenvalue weighted by atomic mass is 16.5. The van der Waals surface area contributed by atoms with E-state index in [4.69, 9.17) is 4.74 Å². The van der Waals surface area contributed by atoms with Crippen LogP contribution in [0, 0.1) is 5.41 Å². The summed E-state index contributed by atoms with van der Waals surface area (Å²) in [4.78, 5) is 16.3. The second kappa shape index (κ2) is 6.70. The molecule has 2 rings (SSSR count). The summed E-state index contributed by atoms with van der Waals surface area (Å²) in [5.41, 5.74) is 0.918. The Bertz CT molecular complexity index is 458. The second-order valence-corrected chi connectivity index (χ2v) is 5.39. The number of hydrogen-bond donors (Lipinski definition) is 2. The predicted octanol–water partition coefficient (Wildman–Crippen LogP) is 2.06. The van der Waals surface area contributed by atoms with E-state index in [1.54, 1.807) is 25.4 Å². The van der Waals surface area contributed by atoms with Crippen molar-refractivity contribution in [1.82, 2.24) is 10.3 Å². The molecular weight excluding hydrogens is 254 g/mol. The molecule has 20 heavy (non-hydrogen) atoms. The van der Waals surface area contributed by atoms with Crippen molar-refractivity contribution in [3.63, 3.8) is 0 Å². The van der Waals surface area contributed by atoms with E-state index in [0.29, 0.717) is 5.56 Å². The number of ether oxygens (including phenoxy) is 1. The quantitative estimate of drug-likeness (QED) is 0.763. The van der Waals surface area contributed by atoms with E-state index < -0.39 is 0 Å². The van der Waals surface area contributed by atoms with E-state index in [-0.39, 0.29) is 11.3 Å². The molecular formula is C15H23N3O2. The van der Waals surface area contributed by atoms with Crippen LogP contribution in [0.3, 0.4) is 0 Å². The Morgan fingerprint density at radius 3 is 2.95 bits per heavy atom. The summed E-state index contributed by atoms with van der Waals surface area (Å²) in [7, 11) is 1.72. The molecule has 1 amide bonds. The fourth-order valence-electron chi connectivity index (χ4n) is 2.23. The highest BCUT2D eigenvalue weighted by Gasteiger charge is 2.42. The van der Waals surface area contributed by atoms with Gasteiger partial charge in [-0.15, -0.1) is 0 Å². The van der Waals surface area contributed by atoms with Gasteiger partial charge in [0.25, 0.3) is 5.91 Å². The Morgan fingerprint density at radius 2 is 2.30 bits per heavy atom. The van der Waals surface area contributed by atoms with Gasteiger partial charge in [0, 0.05) is 38.6 Å². The number of methoxy groups -OCH3 is 1. The van der Waals surface area contributed by atoms with Crippen LogP contribution in [0.15, 0.2) is 18.3 Å². The first kappa shape index (κ1) is 14.8. The van der Waals surface area contributed by atoms with Crippen LogP contribution in [0.4, 0.5) is 5.82 Å². The number of nitrogens with zero attached hydrogens (tertiary/aromatic N) is 1. The monoisotopic (exact) mass is 277 g/mol. The van der Waals surface area contributed by atoms with E-state index in [0.717, 1.165) is 31.9 Å². The molecule has 1 aliphatic rings. The van der Waals surface area contributed by atoms with Crippen molar-refractivity contribution in [1.29, 1.82) is 0 Å². The molecule has 1 heterocycles. The fraction of sp³-hybridized carbons (Fsp3) is 0.600. The van der Waals surface area contributed by atoms with Crippen molar-refractivity contribution in [3.05, 3.63) is 23.9 Å². The van der Waals surface area contributed by atoms with E-state index >= 15 is 0 Å². The number of amides is 1. The van der Waals surface area contributed by atoms with Crippen LogP contribution >= 0.6 is 0 Å². The van der Waals surface area contributed by atoms with E-state index in [1.807, 2.05) is 6.92 Å². The Hall–Kier alpha value is -1.62. The van der Waals surface area contributed by atoms with Gasteiger partial charge in [0.05, 0.1) is 0 Å². The molecule has 1 saturated carbocycles. The smallest absolute Gasteiger partial charge is 0.251 e. The predicted molar refractivity (Wildman–Crippen MR) is 78.9 cm³/mol. The highest BCUT2D eigenvalue weighted by molar-refractivity contribution is 5.94. The molecule has 2 N–H and O–H groups in total. The minimum Gasteiger partial charge on any atom is -0.385 e. The molecule has 110 valence electrons. The van der Waals surface area contributed by atoms with Crippen LogP contribution in [0.5, 0.6) is 0 Å². The zero-order valence-corrected chi connectivity index (χ0v) is 12.2. The van der Waals surface area contributed by atoms with Crippen LogP contribution in [-0.2, 0) is 4.74 Å². The summed E-state index contributed by atoms with van der Waals surface area (Å²) in [6, 6.07) is 3.53. The molecule has 0 aromatic carbocycles. The standard InChI is InChI=1S/C15H23N3O2/c1-3-16-13-10-12(4-8-17-13)14(19)18-11-15(5-6-15)7-9-20-2/h4,8,10H,3,5-7,9,11H2,1-2H3,(H,16,17)(H,18,19). The van der Waals surface area contributed by atoms with Gasteiger partial charge < -0.3 is 15.4 Å². The van der Waals surface area contributed by atoms with E-state index in [9.17, 15) is 4.79 Å². The molecule has 0 saturated heterocycles. The van der Waals surface area contributed by atoms with Gasteiger partial charge in [0.1, 0.15) is 5.82 Å². The van der Waals surface area contributed by atoms with Crippen molar-refractivity contribution >= 4 is 11.7 Å². The van der Waals surface area contributed by atoms with Gasteiger partial charge in [-0.2, -0.15) is 0 Å². The summed E-state index contributed by atoms with van der Waals surface area (Å²) in [5, 5.41) is 6.14. The normalized spacial score (nSPS) is 15.7. The third-order valence-electron chi connectivity index (χ3n) is 3.80. The third kappa shape index (κ3) is 3.93. The zero-order chi connectivity index (χ0) is 14.4. The van der Waals surface area contributed by atoms with Gasteiger partial charge in [-0.3, -0.25) is 4.79 Å². The molecule has 0 bridgehead atoms. The Balaban J connectivity index is 1.87. The molecule has 0 atom stereocenters. The zero-order valence-electron chi connectivity index (χ0n) is 12.2. The Morgan fingerprint density at radius 1 is 1.50 bits per heavy atom. The van der Waals surface area contributed by atoms with Crippen LogP contribution in [0.1, 0.15) is 36.5 Å². The van der Waals surface area contributed by atoms with Crippen LogP contribution in [-0.4, -0.2) is 37.7 Å². The highest BCUT2D eigenvalue weighted by Crippen LogP contribution is 2.48. The first-order valence-electron chi connectivity index (χ1n) is 7.16. The molecule has 1 aromatic heterocycles. The number of nitrogens with one attached hydrogen (secondary N) is 2. The average Bonchev–Trinajstić information content (AvgIpc) is 3.24. The van der Waals surface area contributed by atoms with Gasteiger partial charge in [-0.1, -0.05) is 0 Å². The number of pyridine rings is 1. The van der Waals surface area contributed by atoms with Gasteiger partial charge in [0.15, 0.2) is 0 Å². The summed E-state index contributed by atoms with van der Waals surface area (Å²) < 4.78 is 5.12. The van der Waals surface area contributed by atoms with E-state index in [2.05, 4.69) is 15.6 Å². The number of carbonyl (C=O) groups excluding carboxylic acids is 1. The van der Waals surface area contributed by atoms with Gasteiger partial charge in [0.2, 0.25) is 0 Å². The maximum Gasteiger partial charge on any atom is 0.251 e. The lowest BCUT2D eigenvalue weighted by atomic mass is 10.0. The number of aromatic nitrogens is 1. The first-order chi connectivity index (χ1) is 9.69. The lowest BCUT2D eigenvalue weighted by Gasteiger charge is -2.15. The molecule has 0 spiro atoms. The second-order valence-electron chi connectivity index (χ2n) is 5.39. The van der Waals surface area contributed by atoms with Gasteiger partial charge >= 0.3 is 0 Å². The topological polar surface area (TPSA) is 63.2 Å². The lowest BCUT2D eigenvalue weighted by molar-refractivity contribution is 0.0938. The largest absolute Gasteiger partial charge is 0.385 e. The maximum atomic E-state index is 12.2. The minimum atomic E-state index is -0.0322. The average molecular weight is 277 g/mol. The fourth-order valence-corrected chi connectivity index (χ4v) is 2.23. The molecule has 1 aliphatic carbocycles. The van der Waals surface area contributed by atoms with Crippen LogP contribution in [0.25, 0.3) is 0 Å². The minimum absolute atomic E-state index is 0.0322. The van der Waals surface area contributed by atoms with Crippen molar-refractivity contribution < 1.29 is 9.53 Å². The first-order valence-corrected chi connectivity index (χ1v) is 7.16. The molecule has 5 heteroatoms. The lowest BCUT2D eigenvalue weighted by Crippen LogP contribution is -2.30. The summed E-state index contributed by atoms with van der Waals surface area (Å²) >= 11 is 0. The third-order valence-corrected chi connectivity index (χ3v) is 3.80. The molecule has 0 radical (unpaired) electrons. The van der Waals surface area contributed by atoms with Crippen molar-refractivity contribution in [2.24, 2.45) is 5.41 Å². The maximum absolute atomic E-state index is 12.2. The Kier molecular flexibility index (Phi) is 4.95. The number of rotatable bonds is 8. The SMILES string of the molecule is CCNc1cc(C(=O)NCC2(CCOC)CC2)ccn1. The van der Waals surface area contributed by atoms with Crippen LogP contribution < -0.4 is 10.6 Å².